The second-order valence-corrected chi connectivity index (χ2v) is 17.2. The normalized spacial score (nSPS) is 20.3. The summed E-state index contributed by atoms with van der Waals surface area (Å²) in [6.07, 6.45) is 41.6. The molecular formula is C60H76N2. The monoisotopic (exact) mass is 825 g/mol. The first-order valence-electron chi connectivity index (χ1n) is 23.2. The summed E-state index contributed by atoms with van der Waals surface area (Å²) >= 11 is 0. The molecule has 0 N–H and O–H groups in total. The predicted octanol–water partition coefficient (Wildman–Crippen LogP) is 16.9. The van der Waals surface area contributed by atoms with Gasteiger partial charge in [0.2, 0.25) is 0 Å². The molecule has 0 bridgehead atoms. The molecule has 0 amide bonds. The molecule has 5 aliphatic rings. The minimum Gasteiger partial charge on any atom is -0.355 e. The van der Waals surface area contributed by atoms with Crippen molar-refractivity contribution in [3.8, 4) is 0 Å². The van der Waals surface area contributed by atoms with Crippen molar-refractivity contribution >= 4 is 5.71 Å². The summed E-state index contributed by atoms with van der Waals surface area (Å²) in [5.41, 5.74) is 16.5. The van der Waals surface area contributed by atoms with Crippen molar-refractivity contribution < 1.29 is 0 Å². The van der Waals surface area contributed by atoms with Gasteiger partial charge in [0, 0.05) is 36.6 Å². The van der Waals surface area contributed by atoms with E-state index in [1.54, 1.807) is 11.1 Å². The molecule has 0 aromatic heterocycles. The van der Waals surface area contributed by atoms with Crippen molar-refractivity contribution in [2.24, 2.45) is 10.9 Å². The van der Waals surface area contributed by atoms with Crippen molar-refractivity contribution in [2.75, 3.05) is 7.05 Å². The van der Waals surface area contributed by atoms with E-state index in [1.165, 1.54) is 56.7 Å². The van der Waals surface area contributed by atoms with Gasteiger partial charge in [-0.05, 0) is 112 Å². The SMILES string of the molecule is C=C/C(=C\C=C/C)C1=CC=C(C)CC=C1.CC.CC/C(=N\C(=C(\C)C1C=CC(C)=CC1)N(C)Cc1ccccc1)C1=CCCC=C1.CC1=CCC2C(=C1)C(C)(C)c1ccccc12. The molecule has 2 nitrogen and oxygen atoms in total. The fourth-order valence-electron chi connectivity index (χ4n) is 8.60. The first-order chi connectivity index (χ1) is 30.0. The number of hydrogen-bond acceptors (Lipinski definition) is 2. The Kier molecular flexibility index (Phi) is 19.7. The molecule has 0 heterocycles. The fraction of sp³-hybridized carbons (Fsp3) is 0.350. The highest BCUT2D eigenvalue weighted by atomic mass is 15.2. The van der Waals surface area contributed by atoms with Gasteiger partial charge in [0.15, 0.2) is 0 Å². The largest absolute Gasteiger partial charge is 0.355 e. The van der Waals surface area contributed by atoms with E-state index >= 15 is 0 Å². The average Bonchev–Trinajstić information content (AvgIpc) is 3.38. The quantitative estimate of drug-likeness (QED) is 0.172. The van der Waals surface area contributed by atoms with Crippen LogP contribution >= 0.6 is 0 Å². The van der Waals surface area contributed by atoms with Crippen LogP contribution in [0.1, 0.15) is 130 Å². The van der Waals surface area contributed by atoms with E-state index in [4.69, 9.17) is 4.99 Å². The summed E-state index contributed by atoms with van der Waals surface area (Å²) in [7, 11) is 2.17. The summed E-state index contributed by atoms with van der Waals surface area (Å²) in [5, 5.41) is 0. The highest BCUT2D eigenvalue weighted by molar-refractivity contribution is 6.03. The molecule has 2 aromatic carbocycles. The van der Waals surface area contributed by atoms with Gasteiger partial charge in [0.05, 0.1) is 0 Å². The fourth-order valence-corrected chi connectivity index (χ4v) is 8.60. The second-order valence-electron chi connectivity index (χ2n) is 17.2. The van der Waals surface area contributed by atoms with E-state index in [1.807, 2.05) is 39.0 Å². The van der Waals surface area contributed by atoms with Crippen LogP contribution in [0.15, 0.2) is 214 Å². The summed E-state index contributed by atoms with van der Waals surface area (Å²) in [6, 6.07) is 19.6. The molecule has 2 heteroatoms. The Morgan fingerprint density at radius 1 is 0.855 bits per heavy atom. The summed E-state index contributed by atoms with van der Waals surface area (Å²) in [6.45, 7) is 26.4. The lowest BCUT2D eigenvalue weighted by atomic mass is 9.78. The van der Waals surface area contributed by atoms with E-state index < -0.39 is 0 Å². The maximum absolute atomic E-state index is 5.26. The zero-order valence-electron chi connectivity index (χ0n) is 40.1. The van der Waals surface area contributed by atoms with Gasteiger partial charge in [0.1, 0.15) is 5.82 Å². The number of hydrogen-bond donors (Lipinski definition) is 0. The number of fused-ring (bicyclic) bond motifs is 3. The molecule has 0 saturated heterocycles. The molecule has 7 rings (SSSR count). The Morgan fingerprint density at radius 2 is 1.56 bits per heavy atom. The van der Waals surface area contributed by atoms with Crippen molar-refractivity contribution in [3.63, 3.8) is 0 Å². The van der Waals surface area contributed by atoms with Crippen LogP contribution in [0.3, 0.4) is 0 Å². The third-order valence-electron chi connectivity index (χ3n) is 12.2. The van der Waals surface area contributed by atoms with Gasteiger partial charge in [-0.2, -0.15) is 0 Å². The van der Waals surface area contributed by atoms with Crippen LogP contribution in [0.25, 0.3) is 0 Å². The lowest BCUT2D eigenvalue weighted by Crippen LogP contribution is -2.21. The van der Waals surface area contributed by atoms with Crippen molar-refractivity contribution in [2.45, 2.75) is 126 Å². The van der Waals surface area contributed by atoms with Gasteiger partial charge in [0.25, 0.3) is 0 Å². The molecule has 0 fully saturated rings. The van der Waals surface area contributed by atoms with Crippen molar-refractivity contribution in [1.29, 1.82) is 0 Å². The number of allylic oxidation sites excluding steroid dienone is 24. The Hall–Kier alpha value is -5.47. The van der Waals surface area contributed by atoms with Gasteiger partial charge >= 0.3 is 0 Å². The molecule has 0 saturated carbocycles. The zero-order valence-corrected chi connectivity index (χ0v) is 40.1. The van der Waals surface area contributed by atoms with Crippen LogP contribution in [-0.2, 0) is 12.0 Å². The number of nitrogens with zero attached hydrogens (tertiary/aromatic N) is 2. The van der Waals surface area contributed by atoms with E-state index in [2.05, 4.69) is 201 Å². The highest BCUT2D eigenvalue weighted by Gasteiger charge is 2.41. The van der Waals surface area contributed by atoms with E-state index in [0.29, 0.717) is 11.8 Å². The van der Waals surface area contributed by atoms with Crippen LogP contribution in [-0.4, -0.2) is 17.7 Å². The number of aliphatic imine (C=N–C) groups is 1. The molecule has 2 aromatic rings. The summed E-state index contributed by atoms with van der Waals surface area (Å²) < 4.78 is 0. The molecule has 62 heavy (non-hydrogen) atoms. The molecule has 0 aliphatic heterocycles. The van der Waals surface area contributed by atoms with Gasteiger partial charge in [-0.15, -0.1) is 0 Å². The first kappa shape index (κ1) is 49.2. The molecule has 5 aliphatic carbocycles. The molecular weight excluding hydrogens is 749 g/mol. The molecule has 0 spiro atoms. The standard InChI is InChI=1S/C27H34N2.C16H18.C15H18.C2H6/c1-5-26(25-14-10-7-11-15-25)28-27(22(3)24-18-16-21(2)17-19-24)29(4)20-23-12-8-6-9-13-23;1-11-8-9-13-12-6-4-5-7-14(12)16(2,3)15(13)10-11;1-4-6-9-14(5-2)15-10-7-8-13(3)11-12-15;1-2/h6,8-10,12-18,24H,5,7,11,19-20H2,1-4H3;4-8,10,13H,9H2,1-3H3;4-7,9-12H,2,8H2,1,3H3;1-2H3/b27-22+,28-26+;;6-4-,14-9+;. The third-order valence-corrected chi connectivity index (χ3v) is 12.2. The summed E-state index contributed by atoms with van der Waals surface area (Å²) in [5.74, 6) is 2.15. The maximum atomic E-state index is 5.26. The van der Waals surface area contributed by atoms with Crippen molar-refractivity contribution in [3.05, 3.63) is 225 Å². The first-order valence-corrected chi connectivity index (χ1v) is 23.2. The number of benzene rings is 2. The van der Waals surface area contributed by atoms with Crippen LogP contribution in [0, 0.1) is 5.92 Å². The maximum Gasteiger partial charge on any atom is 0.128 e. The van der Waals surface area contributed by atoms with Crippen LogP contribution in [0.5, 0.6) is 0 Å². The molecule has 326 valence electrons. The Labute approximate surface area is 378 Å². The highest BCUT2D eigenvalue weighted by Crippen LogP contribution is 2.53. The van der Waals surface area contributed by atoms with Crippen LogP contribution in [0.2, 0.25) is 0 Å². The number of rotatable bonds is 10. The lowest BCUT2D eigenvalue weighted by molar-refractivity contribution is 0.397. The van der Waals surface area contributed by atoms with Gasteiger partial charge in [-0.1, -0.05) is 215 Å². The van der Waals surface area contributed by atoms with Gasteiger partial charge < -0.3 is 4.90 Å². The van der Waals surface area contributed by atoms with Gasteiger partial charge in [-0.25, -0.2) is 4.99 Å². The average molecular weight is 825 g/mol. The van der Waals surface area contributed by atoms with E-state index in [-0.39, 0.29) is 5.41 Å². The van der Waals surface area contributed by atoms with Crippen LogP contribution < -0.4 is 0 Å². The second kappa shape index (κ2) is 24.8. The van der Waals surface area contributed by atoms with E-state index in [9.17, 15) is 0 Å². The molecule has 0 radical (unpaired) electrons. The zero-order chi connectivity index (χ0) is 45.1. The molecule has 2 atom stereocenters. The van der Waals surface area contributed by atoms with Crippen molar-refractivity contribution in [1.82, 2.24) is 4.90 Å². The third kappa shape index (κ3) is 13.5. The minimum absolute atomic E-state index is 0.219. The minimum atomic E-state index is 0.219. The summed E-state index contributed by atoms with van der Waals surface area (Å²) in [4.78, 5) is 7.57. The predicted molar refractivity (Wildman–Crippen MR) is 275 cm³/mol. The van der Waals surface area contributed by atoms with Gasteiger partial charge in [-0.3, -0.25) is 0 Å². The Morgan fingerprint density at radius 3 is 2.23 bits per heavy atom. The smallest absolute Gasteiger partial charge is 0.128 e. The topological polar surface area (TPSA) is 15.6 Å². The Balaban J connectivity index is 0.000000217. The molecule has 2 unspecified atom stereocenters. The van der Waals surface area contributed by atoms with E-state index in [0.717, 1.165) is 50.0 Å². The van der Waals surface area contributed by atoms with Crippen LogP contribution in [0.4, 0.5) is 0 Å². The lowest BCUT2D eigenvalue weighted by Gasteiger charge is -2.26. The Bertz CT molecular complexity index is 2240.